The van der Waals surface area contributed by atoms with Gasteiger partial charge in [0.05, 0.1) is 0 Å². The van der Waals surface area contributed by atoms with E-state index in [4.69, 9.17) is 4.74 Å². The molecule has 18 heavy (non-hydrogen) atoms. The summed E-state index contributed by atoms with van der Waals surface area (Å²) < 4.78 is 5.39. The number of ether oxygens (including phenoxy) is 1. The topological polar surface area (TPSA) is 29.5 Å². The van der Waals surface area contributed by atoms with Crippen molar-refractivity contribution in [2.45, 2.75) is 19.3 Å². The maximum atomic E-state index is 12.5. The second-order valence-electron chi connectivity index (χ2n) is 5.46. The number of hydrogen-bond donors (Lipinski definition) is 0. The highest BCUT2D eigenvalue weighted by Crippen LogP contribution is 2.59. The quantitative estimate of drug-likeness (QED) is 0.801. The standard InChI is InChI=1S/C15H19NO2/c1-16(12-5-3-2-4-6-12)14(17)13-11-15(13)7-9-18-10-8-15/h2-6,13H,7-11H2,1H3. The fourth-order valence-corrected chi connectivity index (χ4v) is 3.04. The first-order valence-electron chi connectivity index (χ1n) is 6.63. The molecule has 1 aliphatic carbocycles. The van der Waals surface area contributed by atoms with E-state index in [1.165, 1.54) is 0 Å². The van der Waals surface area contributed by atoms with Gasteiger partial charge in [-0.15, -0.1) is 0 Å². The summed E-state index contributed by atoms with van der Waals surface area (Å²) in [6.07, 6.45) is 3.14. The zero-order valence-electron chi connectivity index (χ0n) is 10.8. The fraction of sp³-hybridized carbons (Fsp3) is 0.533. The van der Waals surface area contributed by atoms with Gasteiger partial charge in [0.15, 0.2) is 0 Å². The fourth-order valence-electron chi connectivity index (χ4n) is 3.04. The van der Waals surface area contributed by atoms with Gasteiger partial charge in [-0.05, 0) is 36.8 Å². The SMILES string of the molecule is CN(C(=O)C1CC12CCOCC2)c1ccccc1. The molecule has 0 bridgehead atoms. The maximum Gasteiger partial charge on any atom is 0.230 e. The third-order valence-electron chi connectivity index (χ3n) is 4.45. The molecule has 1 saturated carbocycles. The summed E-state index contributed by atoms with van der Waals surface area (Å²) in [5.41, 5.74) is 1.25. The van der Waals surface area contributed by atoms with Crippen molar-refractivity contribution in [2.24, 2.45) is 11.3 Å². The van der Waals surface area contributed by atoms with Gasteiger partial charge in [0.25, 0.3) is 0 Å². The van der Waals surface area contributed by atoms with Crippen LogP contribution < -0.4 is 4.90 Å². The van der Waals surface area contributed by atoms with Crippen LogP contribution in [0.15, 0.2) is 30.3 Å². The van der Waals surface area contributed by atoms with Gasteiger partial charge in [0, 0.05) is 31.9 Å². The predicted molar refractivity (Wildman–Crippen MR) is 70.4 cm³/mol. The number of benzene rings is 1. The lowest BCUT2D eigenvalue weighted by Gasteiger charge is -2.24. The Bertz CT molecular complexity index is 437. The first-order chi connectivity index (χ1) is 8.73. The Morgan fingerprint density at radius 2 is 1.94 bits per heavy atom. The highest BCUT2D eigenvalue weighted by Gasteiger charge is 2.58. The van der Waals surface area contributed by atoms with Crippen LogP contribution in [-0.4, -0.2) is 26.2 Å². The molecule has 0 aromatic heterocycles. The van der Waals surface area contributed by atoms with E-state index in [9.17, 15) is 4.79 Å². The lowest BCUT2D eigenvalue weighted by atomic mass is 9.93. The van der Waals surface area contributed by atoms with Gasteiger partial charge in [0.2, 0.25) is 5.91 Å². The van der Waals surface area contributed by atoms with Crippen LogP contribution in [0.2, 0.25) is 0 Å². The van der Waals surface area contributed by atoms with Gasteiger partial charge >= 0.3 is 0 Å². The third kappa shape index (κ3) is 1.93. The highest BCUT2D eigenvalue weighted by atomic mass is 16.5. The molecule has 3 heteroatoms. The number of para-hydroxylation sites is 1. The van der Waals surface area contributed by atoms with Crippen LogP contribution in [0.1, 0.15) is 19.3 Å². The second-order valence-corrected chi connectivity index (χ2v) is 5.46. The number of anilines is 1. The lowest BCUT2D eigenvalue weighted by Crippen LogP contribution is -2.31. The Morgan fingerprint density at radius 3 is 2.61 bits per heavy atom. The van der Waals surface area contributed by atoms with Crippen LogP contribution in [0.5, 0.6) is 0 Å². The van der Waals surface area contributed by atoms with Crippen molar-refractivity contribution in [2.75, 3.05) is 25.2 Å². The number of carbonyl (C=O) groups is 1. The molecule has 1 amide bonds. The summed E-state index contributed by atoms with van der Waals surface area (Å²) in [6.45, 7) is 1.64. The summed E-state index contributed by atoms with van der Waals surface area (Å²) in [5.74, 6) is 0.481. The average molecular weight is 245 g/mol. The number of amides is 1. The minimum atomic E-state index is 0.214. The van der Waals surface area contributed by atoms with E-state index in [0.717, 1.165) is 38.2 Å². The van der Waals surface area contributed by atoms with Crippen LogP contribution >= 0.6 is 0 Å². The Labute approximate surface area is 108 Å². The first kappa shape index (κ1) is 11.7. The van der Waals surface area contributed by atoms with Gasteiger partial charge in [-0.1, -0.05) is 18.2 Å². The minimum Gasteiger partial charge on any atom is -0.381 e. The zero-order chi connectivity index (χ0) is 12.6. The molecular formula is C15H19NO2. The predicted octanol–water partition coefficient (Wildman–Crippen LogP) is 2.47. The van der Waals surface area contributed by atoms with E-state index in [1.807, 2.05) is 37.4 Å². The molecule has 1 spiro atoms. The van der Waals surface area contributed by atoms with Crippen LogP contribution in [-0.2, 0) is 9.53 Å². The zero-order valence-corrected chi connectivity index (χ0v) is 10.8. The van der Waals surface area contributed by atoms with E-state index in [0.29, 0.717) is 0 Å². The molecule has 96 valence electrons. The van der Waals surface area contributed by atoms with Crippen LogP contribution in [0, 0.1) is 11.3 Å². The molecule has 0 N–H and O–H groups in total. The summed E-state index contributed by atoms with van der Waals surface area (Å²) >= 11 is 0. The molecule has 1 aromatic carbocycles. The largest absolute Gasteiger partial charge is 0.381 e. The van der Waals surface area contributed by atoms with Crippen molar-refractivity contribution in [1.29, 1.82) is 0 Å². The van der Waals surface area contributed by atoms with Crippen molar-refractivity contribution in [3.63, 3.8) is 0 Å². The molecular weight excluding hydrogens is 226 g/mol. The molecule has 3 nitrogen and oxygen atoms in total. The van der Waals surface area contributed by atoms with Gasteiger partial charge < -0.3 is 9.64 Å². The molecule has 2 aliphatic rings. The molecule has 1 saturated heterocycles. The molecule has 3 rings (SSSR count). The van der Waals surface area contributed by atoms with Crippen molar-refractivity contribution >= 4 is 11.6 Å². The number of carbonyl (C=O) groups excluding carboxylic acids is 1. The van der Waals surface area contributed by atoms with Crippen molar-refractivity contribution in [3.8, 4) is 0 Å². The molecule has 2 fully saturated rings. The number of nitrogens with zero attached hydrogens (tertiary/aromatic N) is 1. The third-order valence-corrected chi connectivity index (χ3v) is 4.45. The van der Waals surface area contributed by atoms with Crippen molar-refractivity contribution in [3.05, 3.63) is 30.3 Å². The molecule has 1 atom stereocenters. The normalized spacial score (nSPS) is 24.8. The number of hydrogen-bond acceptors (Lipinski definition) is 2. The summed E-state index contributed by atoms with van der Waals surface area (Å²) in [5, 5.41) is 0. The van der Waals surface area contributed by atoms with Crippen molar-refractivity contribution in [1.82, 2.24) is 0 Å². The van der Waals surface area contributed by atoms with Gasteiger partial charge in [0.1, 0.15) is 0 Å². The number of rotatable bonds is 2. The molecule has 1 aromatic rings. The summed E-state index contributed by atoms with van der Waals surface area (Å²) in [4.78, 5) is 14.3. The minimum absolute atomic E-state index is 0.214. The Balaban J connectivity index is 1.69. The van der Waals surface area contributed by atoms with Gasteiger partial charge in [-0.25, -0.2) is 0 Å². The van der Waals surface area contributed by atoms with Gasteiger partial charge in [-0.3, -0.25) is 4.79 Å². The van der Waals surface area contributed by atoms with E-state index >= 15 is 0 Å². The second kappa shape index (κ2) is 4.39. The Kier molecular flexibility index (Phi) is 2.86. The van der Waals surface area contributed by atoms with Crippen LogP contribution in [0.25, 0.3) is 0 Å². The Morgan fingerprint density at radius 1 is 1.28 bits per heavy atom. The smallest absolute Gasteiger partial charge is 0.230 e. The van der Waals surface area contributed by atoms with Gasteiger partial charge in [-0.2, -0.15) is 0 Å². The molecule has 0 radical (unpaired) electrons. The van der Waals surface area contributed by atoms with E-state index in [1.54, 1.807) is 4.90 Å². The highest BCUT2D eigenvalue weighted by molar-refractivity contribution is 5.96. The lowest BCUT2D eigenvalue weighted by molar-refractivity contribution is -0.120. The van der Waals surface area contributed by atoms with E-state index < -0.39 is 0 Å². The average Bonchev–Trinajstić information content (AvgIpc) is 3.12. The van der Waals surface area contributed by atoms with E-state index in [-0.39, 0.29) is 17.2 Å². The molecule has 1 heterocycles. The van der Waals surface area contributed by atoms with Crippen LogP contribution in [0.3, 0.4) is 0 Å². The summed E-state index contributed by atoms with van der Waals surface area (Å²) in [7, 11) is 1.88. The van der Waals surface area contributed by atoms with Crippen LogP contribution in [0.4, 0.5) is 5.69 Å². The van der Waals surface area contributed by atoms with Crippen molar-refractivity contribution < 1.29 is 9.53 Å². The van der Waals surface area contributed by atoms with E-state index in [2.05, 4.69) is 0 Å². The monoisotopic (exact) mass is 245 g/mol. The molecule has 1 aliphatic heterocycles. The summed E-state index contributed by atoms with van der Waals surface area (Å²) in [6, 6.07) is 9.87. The Hall–Kier alpha value is -1.35. The maximum absolute atomic E-state index is 12.5. The first-order valence-corrected chi connectivity index (χ1v) is 6.63. The molecule has 1 unspecified atom stereocenters.